The van der Waals surface area contributed by atoms with E-state index in [0.717, 1.165) is 17.1 Å². The Morgan fingerprint density at radius 3 is 2.32 bits per heavy atom. The molecule has 126 valence electrons. The molecule has 5 heteroatoms. The molecule has 0 spiro atoms. The number of aromatic nitrogens is 1. The molecule has 1 aromatic heterocycles. The van der Waals surface area contributed by atoms with Crippen LogP contribution in [0.15, 0.2) is 82.6 Å². The van der Waals surface area contributed by atoms with Crippen molar-refractivity contribution in [2.24, 2.45) is 0 Å². The van der Waals surface area contributed by atoms with Gasteiger partial charge in [-0.3, -0.25) is 14.2 Å². The summed E-state index contributed by atoms with van der Waals surface area (Å²) in [5.74, 6) is 0.548. The minimum absolute atomic E-state index is 0.154. The van der Waals surface area contributed by atoms with Crippen LogP contribution in [0.1, 0.15) is 17.3 Å². The van der Waals surface area contributed by atoms with Crippen LogP contribution in [-0.4, -0.2) is 16.2 Å². The molecule has 0 bridgehead atoms. The molecule has 1 heterocycles. The monoisotopic (exact) mass is 350 g/mol. The van der Waals surface area contributed by atoms with Crippen molar-refractivity contribution in [1.82, 2.24) is 4.57 Å². The van der Waals surface area contributed by atoms with Crippen LogP contribution in [0.2, 0.25) is 0 Å². The average molecular weight is 350 g/mol. The summed E-state index contributed by atoms with van der Waals surface area (Å²) in [4.78, 5) is 25.9. The lowest BCUT2D eigenvalue weighted by Gasteiger charge is -2.13. The normalized spacial score (nSPS) is 10.4. The maximum atomic E-state index is 12.8. The number of anilines is 1. The van der Waals surface area contributed by atoms with Gasteiger partial charge in [0.1, 0.15) is 0 Å². The highest BCUT2D eigenvalue weighted by Gasteiger charge is 2.15. The number of carbonyl (C=O) groups excluding carboxylic acids is 1. The van der Waals surface area contributed by atoms with E-state index in [1.54, 1.807) is 6.20 Å². The summed E-state index contributed by atoms with van der Waals surface area (Å²) in [7, 11) is 0. The van der Waals surface area contributed by atoms with Gasteiger partial charge in [0.2, 0.25) is 0 Å². The van der Waals surface area contributed by atoms with Crippen molar-refractivity contribution in [3.8, 4) is 5.69 Å². The number of pyridine rings is 1. The van der Waals surface area contributed by atoms with E-state index >= 15 is 0 Å². The Labute approximate surface area is 150 Å². The number of carbonyl (C=O) groups is 1. The van der Waals surface area contributed by atoms with Crippen molar-refractivity contribution < 1.29 is 4.79 Å². The molecular formula is C20H18N2O2S. The van der Waals surface area contributed by atoms with Gasteiger partial charge in [0.05, 0.1) is 5.56 Å². The van der Waals surface area contributed by atoms with E-state index in [1.165, 1.54) is 22.4 Å². The number of thioether (sulfide) groups is 1. The number of para-hydroxylation sites is 2. The van der Waals surface area contributed by atoms with Crippen molar-refractivity contribution in [3.05, 3.63) is 88.8 Å². The zero-order valence-corrected chi connectivity index (χ0v) is 14.6. The average Bonchev–Trinajstić information content (AvgIpc) is 2.63. The van der Waals surface area contributed by atoms with Crippen LogP contribution in [0.4, 0.5) is 5.69 Å². The summed E-state index contributed by atoms with van der Waals surface area (Å²) in [6.07, 6.45) is 1.62. The van der Waals surface area contributed by atoms with Crippen LogP contribution in [0.3, 0.4) is 0 Å². The molecule has 4 nitrogen and oxygen atoms in total. The SMILES string of the molecule is CCSc1cc(=O)n(-c2ccccc2)cc1C(=O)Nc1ccccc1. The van der Waals surface area contributed by atoms with Gasteiger partial charge >= 0.3 is 0 Å². The fourth-order valence-electron chi connectivity index (χ4n) is 2.47. The summed E-state index contributed by atoms with van der Waals surface area (Å²) in [5.41, 5.74) is 1.78. The molecule has 3 aromatic rings. The molecular weight excluding hydrogens is 332 g/mol. The minimum Gasteiger partial charge on any atom is -0.322 e. The zero-order valence-electron chi connectivity index (χ0n) is 13.8. The molecule has 1 amide bonds. The number of rotatable bonds is 5. The zero-order chi connectivity index (χ0) is 17.6. The smallest absolute Gasteiger partial charge is 0.258 e. The highest BCUT2D eigenvalue weighted by atomic mass is 32.2. The summed E-state index contributed by atoms with van der Waals surface area (Å²) in [6.45, 7) is 1.99. The second-order valence-electron chi connectivity index (χ2n) is 5.35. The van der Waals surface area contributed by atoms with E-state index in [1.807, 2.05) is 67.6 Å². The predicted molar refractivity (Wildman–Crippen MR) is 103 cm³/mol. The molecule has 3 rings (SSSR count). The molecule has 0 atom stereocenters. The van der Waals surface area contributed by atoms with Crippen LogP contribution in [-0.2, 0) is 0 Å². The van der Waals surface area contributed by atoms with E-state index in [2.05, 4.69) is 5.32 Å². The first kappa shape index (κ1) is 17.0. The molecule has 0 unspecified atom stereocenters. The van der Waals surface area contributed by atoms with Gasteiger partial charge in [0, 0.05) is 28.5 Å². The van der Waals surface area contributed by atoms with Gasteiger partial charge in [-0.05, 0) is 30.0 Å². The van der Waals surface area contributed by atoms with Crippen LogP contribution in [0.25, 0.3) is 5.69 Å². The maximum absolute atomic E-state index is 12.8. The predicted octanol–water partition coefficient (Wildman–Crippen LogP) is 4.20. The summed E-state index contributed by atoms with van der Waals surface area (Å²) in [5, 5.41) is 2.89. The first-order chi connectivity index (χ1) is 12.2. The van der Waals surface area contributed by atoms with Gasteiger partial charge in [0.15, 0.2) is 0 Å². The van der Waals surface area contributed by atoms with Crippen molar-refractivity contribution in [3.63, 3.8) is 0 Å². The third-order valence-corrected chi connectivity index (χ3v) is 4.56. The fourth-order valence-corrected chi connectivity index (χ4v) is 3.27. The van der Waals surface area contributed by atoms with E-state index in [9.17, 15) is 9.59 Å². The first-order valence-corrected chi connectivity index (χ1v) is 8.99. The van der Waals surface area contributed by atoms with Gasteiger partial charge in [-0.15, -0.1) is 11.8 Å². The molecule has 0 saturated heterocycles. The van der Waals surface area contributed by atoms with E-state index in [0.29, 0.717) is 10.5 Å². The van der Waals surface area contributed by atoms with Gasteiger partial charge in [0.25, 0.3) is 11.5 Å². The fraction of sp³-hybridized carbons (Fsp3) is 0.100. The summed E-state index contributed by atoms with van der Waals surface area (Å²) < 4.78 is 1.50. The minimum atomic E-state index is -0.230. The Kier molecular flexibility index (Phi) is 5.36. The lowest BCUT2D eigenvalue weighted by Crippen LogP contribution is -2.22. The number of nitrogens with one attached hydrogen (secondary N) is 1. The number of amides is 1. The van der Waals surface area contributed by atoms with Crippen LogP contribution in [0, 0.1) is 0 Å². The number of hydrogen-bond donors (Lipinski definition) is 1. The summed E-state index contributed by atoms with van der Waals surface area (Å²) >= 11 is 1.48. The first-order valence-electron chi connectivity index (χ1n) is 8.00. The Hall–Kier alpha value is -2.79. The summed E-state index contributed by atoms with van der Waals surface area (Å²) in [6, 6.07) is 20.1. The Morgan fingerprint density at radius 1 is 1.04 bits per heavy atom. The van der Waals surface area contributed by atoms with Crippen molar-refractivity contribution in [2.45, 2.75) is 11.8 Å². The molecule has 2 aromatic carbocycles. The third-order valence-electron chi connectivity index (χ3n) is 3.63. The Morgan fingerprint density at radius 2 is 1.68 bits per heavy atom. The molecule has 0 saturated carbocycles. The molecule has 0 aliphatic carbocycles. The van der Waals surface area contributed by atoms with Crippen LogP contribution in [0.5, 0.6) is 0 Å². The van der Waals surface area contributed by atoms with E-state index in [-0.39, 0.29) is 11.5 Å². The topological polar surface area (TPSA) is 51.1 Å². The number of hydrogen-bond acceptors (Lipinski definition) is 3. The van der Waals surface area contributed by atoms with Crippen molar-refractivity contribution >= 4 is 23.4 Å². The van der Waals surface area contributed by atoms with Crippen molar-refractivity contribution in [1.29, 1.82) is 0 Å². The molecule has 1 N–H and O–H groups in total. The Balaban J connectivity index is 2.04. The highest BCUT2D eigenvalue weighted by molar-refractivity contribution is 7.99. The van der Waals surface area contributed by atoms with Gasteiger partial charge in [-0.25, -0.2) is 0 Å². The number of nitrogens with zero attached hydrogens (tertiary/aromatic N) is 1. The van der Waals surface area contributed by atoms with E-state index in [4.69, 9.17) is 0 Å². The molecule has 25 heavy (non-hydrogen) atoms. The highest BCUT2D eigenvalue weighted by Crippen LogP contribution is 2.23. The second kappa shape index (κ2) is 7.85. The molecule has 0 radical (unpaired) electrons. The van der Waals surface area contributed by atoms with Gasteiger partial charge < -0.3 is 5.32 Å². The van der Waals surface area contributed by atoms with Gasteiger partial charge in [-0.1, -0.05) is 43.3 Å². The van der Waals surface area contributed by atoms with Crippen LogP contribution < -0.4 is 10.9 Å². The third kappa shape index (κ3) is 4.00. The molecule has 0 fully saturated rings. The Bertz CT molecular complexity index is 921. The maximum Gasteiger partial charge on any atom is 0.258 e. The number of benzene rings is 2. The standard InChI is InChI=1S/C20H18N2O2S/c1-2-25-18-13-19(23)22(16-11-7-4-8-12-16)14-17(18)20(24)21-15-9-5-3-6-10-15/h3-14H,2H2,1H3,(H,21,24). The second-order valence-corrected chi connectivity index (χ2v) is 6.65. The molecule has 0 aliphatic rings. The van der Waals surface area contributed by atoms with Crippen molar-refractivity contribution in [2.75, 3.05) is 11.1 Å². The lowest BCUT2D eigenvalue weighted by molar-refractivity contribution is 0.102. The van der Waals surface area contributed by atoms with Crippen LogP contribution >= 0.6 is 11.8 Å². The van der Waals surface area contributed by atoms with E-state index < -0.39 is 0 Å². The quantitative estimate of drug-likeness (QED) is 0.702. The molecule has 0 aliphatic heterocycles. The largest absolute Gasteiger partial charge is 0.322 e. The lowest BCUT2D eigenvalue weighted by atomic mass is 10.2. The van der Waals surface area contributed by atoms with Gasteiger partial charge in [-0.2, -0.15) is 0 Å².